The molecule has 0 atom stereocenters. The van der Waals surface area contributed by atoms with Gasteiger partial charge in [0, 0.05) is 44.7 Å². The molecule has 0 aliphatic heterocycles. The van der Waals surface area contributed by atoms with E-state index >= 15 is 0 Å². The summed E-state index contributed by atoms with van der Waals surface area (Å²) in [5.41, 5.74) is 3.04. The Kier molecular flexibility index (Phi) is 6.48. The number of hydrogen-bond acceptors (Lipinski definition) is 6. The van der Waals surface area contributed by atoms with Crippen LogP contribution in [0.2, 0.25) is 0 Å². The summed E-state index contributed by atoms with van der Waals surface area (Å²) in [6, 6.07) is 11.3. The molecule has 146 valence electrons. The Bertz CT molecular complexity index is 1030. The van der Waals surface area contributed by atoms with Crippen LogP contribution < -0.4 is 4.74 Å². The van der Waals surface area contributed by atoms with Gasteiger partial charge in [0.05, 0.1) is 23.5 Å². The second kappa shape index (κ2) is 9.42. The van der Waals surface area contributed by atoms with E-state index in [-0.39, 0.29) is 5.91 Å². The van der Waals surface area contributed by atoms with Crippen molar-refractivity contribution in [2.75, 3.05) is 13.6 Å². The van der Waals surface area contributed by atoms with Crippen LogP contribution in [0.4, 0.5) is 0 Å². The molecule has 0 N–H and O–H groups in total. The average molecular weight is 387 g/mol. The third-order valence-electron chi connectivity index (χ3n) is 4.46. The first-order valence-corrected chi connectivity index (χ1v) is 9.22. The second-order valence-corrected chi connectivity index (χ2v) is 6.55. The maximum atomic E-state index is 11.3. The van der Waals surface area contributed by atoms with Crippen LogP contribution in [-0.2, 0) is 11.2 Å². The molecule has 2 heterocycles. The van der Waals surface area contributed by atoms with Crippen molar-refractivity contribution in [3.63, 3.8) is 0 Å². The number of nitriles is 1. The Morgan fingerprint density at radius 3 is 2.66 bits per heavy atom. The van der Waals surface area contributed by atoms with E-state index in [0.29, 0.717) is 30.2 Å². The molecule has 0 fully saturated rings. The molecule has 0 saturated carbocycles. The van der Waals surface area contributed by atoms with Gasteiger partial charge in [0.1, 0.15) is 5.75 Å². The Labute approximate surface area is 169 Å². The molecule has 0 spiro atoms. The molecular formula is C22H21N5O2. The van der Waals surface area contributed by atoms with Gasteiger partial charge in [0.2, 0.25) is 11.8 Å². The van der Waals surface area contributed by atoms with Gasteiger partial charge < -0.3 is 9.64 Å². The van der Waals surface area contributed by atoms with E-state index in [1.165, 1.54) is 0 Å². The van der Waals surface area contributed by atoms with Crippen molar-refractivity contribution < 1.29 is 9.53 Å². The van der Waals surface area contributed by atoms with E-state index in [0.717, 1.165) is 23.2 Å². The summed E-state index contributed by atoms with van der Waals surface area (Å²) < 4.78 is 5.81. The van der Waals surface area contributed by atoms with Gasteiger partial charge in [0.15, 0.2) is 0 Å². The molecule has 0 bridgehead atoms. The van der Waals surface area contributed by atoms with E-state index in [1.54, 1.807) is 49.7 Å². The van der Waals surface area contributed by atoms with Gasteiger partial charge in [-0.05, 0) is 36.6 Å². The monoisotopic (exact) mass is 387 g/mol. The predicted molar refractivity (Wildman–Crippen MR) is 108 cm³/mol. The van der Waals surface area contributed by atoms with Crippen molar-refractivity contribution >= 4 is 5.91 Å². The molecule has 0 unspecified atom stereocenters. The lowest BCUT2D eigenvalue weighted by Crippen LogP contribution is -2.25. The minimum Gasteiger partial charge on any atom is -0.437 e. The smallest absolute Gasteiger partial charge is 0.238 e. The van der Waals surface area contributed by atoms with Crippen LogP contribution in [-0.4, -0.2) is 39.4 Å². The van der Waals surface area contributed by atoms with Crippen LogP contribution in [0.3, 0.4) is 0 Å². The van der Waals surface area contributed by atoms with Crippen molar-refractivity contribution in [2.24, 2.45) is 0 Å². The number of pyridine rings is 1. The van der Waals surface area contributed by atoms with E-state index in [2.05, 4.69) is 21.0 Å². The lowest BCUT2D eigenvalue weighted by molar-refractivity contribution is -0.127. The number of carbonyl (C=O) groups is 1. The minimum absolute atomic E-state index is 0.0461. The summed E-state index contributed by atoms with van der Waals surface area (Å²) in [6.45, 7) is 2.22. The fourth-order valence-electron chi connectivity index (χ4n) is 2.76. The molecule has 29 heavy (non-hydrogen) atoms. The van der Waals surface area contributed by atoms with Gasteiger partial charge in [-0.3, -0.25) is 14.8 Å². The number of aryl methyl sites for hydroxylation is 1. The summed E-state index contributed by atoms with van der Waals surface area (Å²) in [5.74, 6) is 1.08. The average Bonchev–Trinajstić information content (AvgIpc) is 2.74. The quantitative estimate of drug-likeness (QED) is 0.615. The van der Waals surface area contributed by atoms with Gasteiger partial charge in [0.25, 0.3) is 0 Å². The zero-order valence-electron chi connectivity index (χ0n) is 16.4. The number of amides is 1. The summed E-state index contributed by atoms with van der Waals surface area (Å²) in [7, 11) is 1.78. The maximum Gasteiger partial charge on any atom is 0.238 e. The van der Waals surface area contributed by atoms with Crippen LogP contribution in [0.25, 0.3) is 11.1 Å². The SMILES string of the molecule is CC(=O)N(C)CCCc1cncc(Oc2ccc(-c3cnccc3C#N)cc2)n1. The first kappa shape index (κ1) is 20.0. The number of ether oxygens (including phenoxy) is 1. The number of benzene rings is 1. The van der Waals surface area contributed by atoms with E-state index < -0.39 is 0 Å². The Morgan fingerprint density at radius 1 is 1.14 bits per heavy atom. The molecule has 0 aliphatic carbocycles. The van der Waals surface area contributed by atoms with Gasteiger partial charge in [-0.25, -0.2) is 4.98 Å². The maximum absolute atomic E-state index is 11.3. The third-order valence-corrected chi connectivity index (χ3v) is 4.46. The molecule has 1 aromatic carbocycles. The molecule has 1 amide bonds. The van der Waals surface area contributed by atoms with Crippen LogP contribution in [0.1, 0.15) is 24.6 Å². The molecule has 7 heteroatoms. The van der Waals surface area contributed by atoms with E-state index in [9.17, 15) is 10.1 Å². The number of aromatic nitrogens is 3. The zero-order chi connectivity index (χ0) is 20.6. The number of nitrogens with zero attached hydrogens (tertiary/aromatic N) is 5. The summed E-state index contributed by atoms with van der Waals surface area (Å²) >= 11 is 0. The van der Waals surface area contributed by atoms with Crippen molar-refractivity contribution in [3.05, 3.63) is 66.4 Å². The Balaban J connectivity index is 1.65. The molecule has 0 aliphatic rings. The summed E-state index contributed by atoms with van der Waals surface area (Å²) in [5, 5.41) is 9.24. The Hall–Kier alpha value is -3.79. The zero-order valence-corrected chi connectivity index (χ0v) is 16.4. The van der Waals surface area contributed by atoms with Crippen molar-refractivity contribution in [1.82, 2.24) is 19.9 Å². The Morgan fingerprint density at radius 2 is 1.93 bits per heavy atom. The highest BCUT2D eigenvalue weighted by molar-refractivity contribution is 5.72. The van der Waals surface area contributed by atoms with E-state index in [4.69, 9.17) is 4.74 Å². The highest BCUT2D eigenvalue weighted by atomic mass is 16.5. The molecule has 2 aromatic heterocycles. The number of carbonyl (C=O) groups excluding carboxylic acids is 1. The molecule has 3 rings (SSSR count). The second-order valence-electron chi connectivity index (χ2n) is 6.55. The van der Waals surface area contributed by atoms with Gasteiger partial charge in [-0.1, -0.05) is 12.1 Å². The molecule has 0 saturated heterocycles. The number of hydrogen-bond donors (Lipinski definition) is 0. The molecule has 0 radical (unpaired) electrons. The normalized spacial score (nSPS) is 10.2. The lowest BCUT2D eigenvalue weighted by atomic mass is 10.0. The lowest BCUT2D eigenvalue weighted by Gasteiger charge is -2.14. The molecule has 3 aromatic rings. The van der Waals surface area contributed by atoms with Crippen LogP contribution >= 0.6 is 0 Å². The first-order chi connectivity index (χ1) is 14.1. The van der Waals surface area contributed by atoms with Crippen LogP contribution in [0.5, 0.6) is 11.6 Å². The van der Waals surface area contributed by atoms with Gasteiger partial charge in [-0.15, -0.1) is 0 Å². The largest absolute Gasteiger partial charge is 0.437 e. The van der Waals surface area contributed by atoms with Crippen molar-refractivity contribution in [1.29, 1.82) is 5.26 Å². The van der Waals surface area contributed by atoms with Crippen molar-refractivity contribution in [2.45, 2.75) is 19.8 Å². The predicted octanol–water partition coefficient (Wildman–Crippen LogP) is 3.61. The molecular weight excluding hydrogens is 366 g/mol. The number of rotatable bonds is 7. The van der Waals surface area contributed by atoms with Gasteiger partial charge in [-0.2, -0.15) is 5.26 Å². The third kappa shape index (κ3) is 5.36. The highest BCUT2D eigenvalue weighted by Crippen LogP contribution is 2.26. The fourth-order valence-corrected chi connectivity index (χ4v) is 2.76. The summed E-state index contributed by atoms with van der Waals surface area (Å²) in [6.07, 6.45) is 8.05. The van der Waals surface area contributed by atoms with Crippen molar-refractivity contribution in [3.8, 4) is 28.8 Å². The summed E-state index contributed by atoms with van der Waals surface area (Å²) in [4.78, 5) is 25.7. The van der Waals surface area contributed by atoms with E-state index in [1.807, 2.05) is 24.3 Å². The fraction of sp³-hybridized carbons (Fsp3) is 0.227. The van der Waals surface area contributed by atoms with Gasteiger partial charge >= 0.3 is 0 Å². The van der Waals surface area contributed by atoms with Crippen LogP contribution in [0.15, 0.2) is 55.1 Å². The molecule has 7 nitrogen and oxygen atoms in total. The first-order valence-electron chi connectivity index (χ1n) is 9.22. The highest BCUT2D eigenvalue weighted by Gasteiger charge is 2.07. The standard InChI is InChI=1S/C22H21N5O2/c1-16(28)27(2)11-3-4-19-13-25-15-22(26-19)29-20-7-5-17(6-8-20)21-14-24-10-9-18(21)12-23/h5-10,13-15H,3-4,11H2,1-2H3. The minimum atomic E-state index is 0.0461. The topological polar surface area (TPSA) is 92.0 Å². The van der Waals surface area contributed by atoms with Crippen LogP contribution in [0, 0.1) is 11.3 Å².